The molecule has 4 heteroatoms. The van der Waals surface area contributed by atoms with Crippen molar-refractivity contribution in [1.29, 1.82) is 0 Å². The Bertz CT molecular complexity index is 593. The van der Waals surface area contributed by atoms with E-state index in [1.807, 2.05) is 0 Å². The van der Waals surface area contributed by atoms with E-state index in [1.165, 1.54) is 18.2 Å². The second kappa shape index (κ2) is 4.79. The lowest BCUT2D eigenvalue weighted by Crippen LogP contribution is -2.11. The van der Waals surface area contributed by atoms with Crippen molar-refractivity contribution in [2.75, 3.05) is 5.32 Å². The van der Waals surface area contributed by atoms with Gasteiger partial charge in [0.2, 0.25) is 0 Å². The number of amides is 1. The van der Waals surface area contributed by atoms with E-state index in [9.17, 15) is 15.0 Å². The molecule has 2 rings (SSSR count). The van der Waals surface area contributed by atoms with Gasteiger partial charge < -0.3 is 15.5 Å². The van der Waals surface area contributed by atoms with Crippen LogP contribution in [0.3, 0.4) is 0 Å². The summed E-state index contributed by atoms with van der Waals surface area (Å²) in [7, 11) is 0. The van der Waals surface area contributed by atoms with Gasteiger partial charge in [-0.05, 0) is 48.9 Å². The number of aromatic hydroxyl groups is 2. The summed E-state index contributed by atoms with van der Waals surface area (Å²) in [6.45, 7) is 1.75. The van der Waals surface area contributed by atoms with Crippen LogP contribution in [0.5, 0.6) is 11.5 Å². The standard InChI is InChI=1S/C14H13NO3/c1-9-7-11(5-6-13(9)17)15-14(18)10-3-2-4-12(16)8-10/h2-8,16-17H,1H3,(H,15,18). The first-order valence-electron chi connectivity index (χ1n) is 5.46. The number of carbonyl (C=O) groups excluding carboxylic acids is 1. The Morgan fingerprint density at radius 2 is 1.89 bits per heavy atom. The molecule has 0 bridgehead atoms. The third-order valence-corrected chi connectivity index (χ3v) is 2.56. The highest BCUT2D eigenvalue weighted by molar-refractivity contribution is 6.04. The minimum Gasteiger partial charge on any atom is -0.508 e. The number of phenolic OH excluding ortho intramolecular Hbond substituents is 2. The van der Waals surface area contributed by atoms with Crippen molar-refractivity contribution in [3.63, 3.8) is 0 Å². The van der Waals surface area contributed by atoms with Gasteiger partial charge in [0.05, 0.1) is 0 Å². The van der Waals surface area contributed by atoms with Gasteiger partial charge in [-0.25, -0.2) is 0 Å². The van der Waals surface area contributed by atoms with Gasteiger partial charge in [-0.1, -0.05) is 6.07 Å². The SMILES string of the molecule is Cc1cc(NC(=O)c2cccc(O)c2)ccc1O. The molecule has 1 amide bonds. The molecule has 0 fully saturated rings. The highest BCUT2D eigenvalue weighted by Gasteiger charge is 2.07. The molecule has 0 aliphatic rings. The molecule has 0 heterocycles. The van der Waals surface area contributed by atoms with Crippen molar-refractivity contribution in [3.8, 4) is 11.5 Å². The van der Waals surface area contributed by atoms with Gasteiger partial charge in [0.15, 0.2) is 0 Å². The van der Waals surface area contributed by atoms with Crippen molar-refractivity contribution >= 4 is 11.6 Å². The Morgan fingerprint density at radius 1 is 1.11 bits per heavy atom. The topological polar surface area (TPSA) is 69.6 Å². The fourth-order valence-electron chi connectivity index (χ4n) is 1.58. The summed E-state index contributed by atoms with van der Waals surface area (Å²) in [5.74, 6) is -0.0779. The van der Waals surface area contributed by atoms with E-state index in [2.05, 4.69) is 5.32 Å². The first-order valence-corrected chi connectivity index (χ1v) is 5.46. The first-order chi connectivity index (χ1) is 8.56. The molecule has 0 aliphatic carbocycles. The van der Waals surface area contributed by atoms with Gasteiger partial charge in [0.1, 0.15) is 11.5 Å². The van der Waals surface area contributed by atoms with Crippen LogP contribution in [0.25, 0.3) is 0 Å². The van der Waals surface area contributed by atoms with E-state index in [1.54, 1.807) is 31.2 Å². The van der Waals surface area contributed by atoms with Crippen molar-refractivity contribution in [3.05, 3.63) is 53.6 Å². The molecule has 2 aromatic rings. The summed E-state index contributed by atoms with van der Waals surface area (Å²) in [5.41, 5.74) is 1.66. The van der Waals surface area contributed by atoms with E-state index >= 15 is 0 Å². The van der Waals surface area contributed by atoms with E-state index in [-0.39, 0.29) is 17.4 Å². The van der Waals surface area contributed by atoms with Crippen molar-refractivity contribution < 1.29 is 15.0 Å². The number of hydrogen-bond acceptors (Lipinski definition) is 3. The van der Waals surface area contributed by atoms with Gasteiger partial charge in [0.25, 0.3) is 5.91 Å². The predicted octanol–water partition coefficient (Wildman–Crippen LogP) is 2.66. The molecule has 0 unspecified atom stereocenters. The second-order valence-corrected chi connectivity index (χ2v) is 4.01. The zero-order chi connectivity index (χ0) is 13.1. The lowest BCUT2D eigenvalue weighted by molar-refractivity contribution is 0.102. The fourth-order valence-corrected chi connectivity index (χ4v) is 1.58. The van der Waals surface area contributed by atoms with Gasteiger partial charge in [-0.15, -0.1) is 0 Å². The zero-order valence-corrected chi connectivity index (χ0v) is 9.84. The highest BCUT2D eigenvalue weighted by atomic mass is 16.3. The van der Waals surface area contributed by atoms with Crippen LogP contribution in [0, 0.1) is 6.92 Å². The van der Waals surface area contributed by atoms with Crippen LogP contribution >= 0.6 is 0 Å². The summed E-state index contributed by atoms with van der Waals surface area (Å²) in [5, 5.41) is 21.4. The second-order valence-electron chi connectivity index (χ2n) is 4.01. The molecule has 4 nitrogen and oxygen atoms in total. The number of nitrogens with one attached hydrogen (secondary N) is 1. The molecule has 0 saturated heterocycles. The third kappa shape index (κ3) is 2.60. The Balaban J connectivity index is 2.18. The quantitative estimate of drug-likeness (QED) is 0.710. The molecule has 0 aromatic heterocycles. The summed E-state index contributed by atoms with van der Waals surface area (Å²) >= 11 is 0. The molecule has 0 spiro atoms. The molecule has 92 valence electrons. The summed E-state index contributed by atoms with van der Waals surface area (Å²) in [4.78, 5) is 11.9. The molecule has 0 radical (unpaired) electrons. The van der Waals surface area contributed by atoms with Crippen LogP contribution < -0.4 is 5.32 Å². The maximum atomic E-state index is 11.9. The van der Waals surface area contributed by atoms with Crippen molar-refractivity contribution in [2.24, 2.45) is 0 Å². The molecule has 3 N–H and O–H groups in total. The Labute approximate surface area is 105 Å². The Kier molecular flexibility index (Phi) is 3.19. The maximum Gasteiger partial charge on any atom is 0.255 e. The van der Waals surface area contributed by atoms with Crippen LogP contribution in [-0.4, -0.2) is 16.1 Å². The van der Waals surface area contributed by atoms with Crippen LogP contribution in [0.4, 0.5) is 5.69 Å². The molecular formula is C14H13NO3. The first kappa shape index (κ1) is 12.0. The number of aryl methyl sites for hydroxylation is 1. The Morgan fingerprint density at radius 3 is 2.56 bits per heavy atom. The molecule has 0 aliphatic heterocycles. The lowest BCUT2D eigenvalue weighted by atomic mass is 10.1. The average molecular weight is 243 g/mol. The lowest BCUT2D eigenvalue weighted by Gasteiger charge is -2.07. The number of anilines is 1. The summed E-state index contributed by atoms with van der Waals surface area (Å²) in [6, 6.07) is 10.9. The van der Waals surface area contributed by atoms with Crippen LogP contribution in [-0.2, 0) is 0 Å². The van der Waals surface area contributed by atoms with E-state index < -0.39 is 0 Å². The molecule has 0 atom stereocenters. The van der Waals surface area contributed by atoms with Crippen LogP contribution in [0.1, 0.15) is 15.9 Å². The monoisotopic (exact) mass is 243 g/mol. The summed E-state index contributed by atoms with van der Waals surface area (Å²) < 4.78 is 0. The van der Waals surface area contributed by atoms with Gasteiger partial charge >= 0.3 is 0 Å². The maximum absolute atomic E-state index is 11.9. The normalized spacial score (nSPS) is 10.1. The van der Waals surface area contributed by atoms with Crippen molar-refractivity contribution in [2.45, 2.75) is 6.92 Å². The molecule has 2 aromatic carbocycles. The van der Waals surface area contributed by atoms with E-state index in [0.29, 0.717) is 16.8 Å². The number of carbonyl (C=O) groups is 1. The van der Waals surface area contributed by atoms with E-state index in [0.717, 1.165) is 0 Å². The minimum absolute atomic E-state index is 0.0459. The van der Waals surface area contributed by atoms with Crippen molar-refractivity contribution in [1.82, 2.24) is 0 Å². The van der Waals surface area contributed by atoms with Gasteiger partial charge in [-0.3, -0.25) is 4.79 Å². The summed E-state index contributed by atoms with van der Waals surface area (Å²) in [6.07, 6.45) is 0. The van der Waals surface area contributed by atoms with Crippen LogP contribution in [0.15, 0.2) is 42.5 Å². The molecular weight excluding hydrogens is 230 g/mol. The largest absolute Gasteiger partial charge is 0.508 e. The minimum atomic E-state index is -0.309. The third-order valence-electron chi connectivity index (χ3n) is 2.56. The molecule has 0 saturated carbocycles. The molecule has 18 heavy (non-hydrogen) atoms. The smallest absolute Gasteiger partial charge is 0.255 e. The predicted molar refractivity (Wildman–Crippen MR) is 68.9 cm³/mol. The Hall–Kier alpha value is -2.49. The number of hydrogen-bond donors (Lipinski definition) is 3. The highest BCUT2D eigenvalue weighted by Crippen LogP contribution is 2.21. The number of rotatable bonds is 2. The fraction of sp³-hybridized carbons (Fsp3) is 0.0714. The van der Waals surface area contributed by atoms with E-state index in [4.69, 9.17) is 0 Å². The van der Waals surface area contributed by atoms with Gasteiger partial charge in [-0.2, -0.15) is 0 Å². The van der Waals surface area contributed by atoms with Crippen LogP contribution in [0.2, 0.25) is 0 Å². The number of benzene rings is 2. The van der Waals surface area contributed by atoms with Gasteiger partial charge in [0, 0.05) is 11.3 Å². The average Bonchev–Trinajstić information content (AvgIpc) is 2.34. The zero-order valence-electron chi connectivity index (χ0n) is 9.84. The number of phenols is 2.